The van der Waals surface area contributed by atoms with Crippen LogP contribution in [0.4, 0.5) is 0 Å². The van der Waals surface area contributed by atoms with Gasteiger partial charge in [-0.25, -0.2) is 4.68 Å². The van der Waals surface area contributed by atoms with Gasteiger partial charge in [0.1, 0.15) is 17.8 Å². The van der Waals surface area contributed by atoms with Crippen LogP contribution in [0.2, 0.25) is 0 Å². The molecule has 0 saturated heterocycles. The Morgan fingerprint density at radius 2 is 1.66 bits per heavy atom. The number of hydrogen-bond acceptors (Lipinski definition) is 11. The molecular formula is C38H48N8O6S. The molecule has 3 amide bonds. The van der Waals surface area contributed by atoms with Crippen molar-refractivity contribution in [2.75, 3.05) is 12.9 Å². The molecule has 0 spiro atoms. The van der Waals surface area contributed by atoms with E-state index in [1.54, 1.807) is 26.3 Å². The van der Waals surface area contributed by atoms with Crippen LogP contribution in [0, 0.1) is 5.41 Å². The van der Waals surface area contributed by atoms with E-state index in [0.717, 1.165) is 34.0 Å². The molecule has 282 valence electrons. The van der Waals surface area contributed by atoms with E-state index >= 15 is 0 Å². The van der Waals surface area contributed by atoms with Gasteiger partial charge in [-0.3, -0.25) is 19.7 Å². The number of aromatic nitrogens is 4. The van der Waals surface area contributed by atoms with Crippen molar-refractivity contribution in [3.8, 4) is 5.75 Å². The van der Waals surface area contributed by atoms with E-state index in [-0.39, 0.29) is 18.7 Å². The van der Waals surface area contributed by atoms with Crippen LogP contribution in [-0.4, -0.2) is 91.3 Å². The van der Waals surface area contributed by atoms with Crippen LogP contribution in [0.1, 0.15) is 49.1 Å². The Morgan fingerprint density at radius 1 is 0.962 bits per heavy atom. The number of rotatable bonds is 16. The molecule has 14 nitrogen and oxygen atoms in total. The quantitative estimate of drug-likeness (QED) is 0.0919. The number of thioether (sulfide) groups is 1. The van der Waals surface area contributed by atoms with E-state index in [1.165, 1.54) is 4.68 Å². The number of aliphatic hydroxyl groups excluding tert-OH is 2. The number of fused-ring (bicyclic) bond motifs is 1. The second kappa shape index (κ2) is 17.8. The zero-order valence-corrected chi connectivity index (χ0v) is 31.3. The summed E-state index contributed by atoms with van der Waals surface area (Å²) < 4.78 is 6.73. The number of nitrogens with one attached hydrogen (secondary N) is 4. The van der Waals surface area contributed by atoms with Gasteiger partial charge in [0.05, 0.1) is 37.2 Å². The third-order valence-corrected chi connectivity index (χ3v) is 10.2. The molecule has 15 heteroatoms. The summed E-state index contributed by atoms with van der Waals surface area (Å²) in [4.78, 5) is 41.5. The molecule has 6 atom stereocenters. The SMILES string of the molecule is COc1ccc(CN[C@@H](C(=O)NC2c3ccccc3CC2O)[C@@H](O)[C@H](Cc2ccccc2)NC(=O)[C@@H](NC(=O)CSc2nnnn2C)C(C)(C)C)cc1. The minimum Gasteiger partial charge on any atom is -0.497 e. The Kier molecular flexibility index (Phi) is 13.2. The summed E-state index contributed by atoms with van der Waals surface area (Å²) in [7, 11) is 3.24. The van der Waals surface area contributed by atoms with Crippen molar-refractivity contribution in [3.63, 3.8) is 0 Å². The second-order valence-corrected chi connectivity index (χ2v) is 15.1. The lowest BCUT2D eigenvalue weighted by Gasteiger charge is -2.35. The summed E-state index contributed by atoms with van der Waals surface area (Å²) in [5.41, 5.74) is 2.66. The Morgan fingerprint density at radius 3 is 2.32 bits per heavy atom. The summed E-state index contributed by atoms with van der Waals surface area (Å²) in [6, 6.07) is 20.3. The minimum absolute atomic E-state index is 0.0299. The van der Waals surface area contributed by atoms with Gasteiger partial charge in [-0.1, -0.05) is 99.3 Å². The lowest BCUT2D eigenvalue weighted by Crippen LogP contribution is -2.62. The number of ether oxygens (including phenoxy) is 1. The molecular weight excluding hydrogens is 697 g/mol. The molecule has 1 aliphatic rings. The summed E-state index contributed by atoms with van der Waals surface area (Å²) >= 11 is 1.13. The lowest BCUT2D eigenvalue weighted by atomic mass is 9.85. The van der Waals surface area contributed by atoms with Crippen molar-refractivity contribution >= 4 is 29.5 Å². The molecule has 5 rings (SSSR count). The van der Waals surface area contributed by atoms with E-state index in [0.29, 0.717) is 17.3 Å². The fourth-order valence-electron chi connectivity index (χ4n) is 6.31. The van der Waals surface area contributed by atoms with Crippen molar-refractivity contribution in [1.29, 1.82) is 0 Å². The zero-order valence-electron chi connectivity index (χ0n) is 30.5. The van der Waals surface area contributed by atoms with Gasteiger partial charge < -0.3 is 30.9 Å². The first-order valence-corrected chi connectivity index (χ1v) is 18.4. The van der Waals surface area contributed by atoms with Crippen molar-refractivity contribution in [1.82, 2.24) is 41.5 Å². The lowest BCUT2D eigenvalue weighted by molar-refractivity contribution is -0.133. The van der Waals surface area contributed by atoms with Gasteiger partial charge in [0.15, 0.2) is 0 Å². The fraction of sp³-hybridized carbons (Fsp3) is 0.421. The average molecular weight is 745 g/mol. The summed E-state index contributed by atoms with van der Waals surface area (Å²) in [5.74, 6) is -0.826. The van der Waals surface area contributed by atoms with Crippen LogP contribution in [0.3, 0.4) is 0 Å². The molecule has 0 fully saturated rings. The molecule has 0 bridgehead atoms. The van der Waals surface area contributed by atoms with E-state index in [4.69, 9.17) is 4.74 Å². The van der Waals surface area contributed by atoms with Gasteiger partial charge in [-0.15, -0.1) is 5.10 Å². The van der Waals surface area contributed by atoms with Gasteiger partial charge in [-0.05, 0) is 56.6 Å². The van der Waals surface area contributed by atoms with Crippen LogP contribution in [0.15, 0.2) is 84.0 Å². The number of aryl methyl sites for hydroxylation is 1. The maximum Gasteiger partial charge on any atom is 0.243 e. The number of methoxy groups -OCH3 is 1. The van der Waals surface area contributed by atoms with E-state index in [2.05, 4.69) is 36.8 Å². The molecule has 3 aromatic carbocycles. The molecule has 53 heavy (non-hydrogen) atoms. The normalized spacial score (nSPS) is 17.6. The molecule has 0 saturated carbocycles. The largest absolute Gasteiger partial charge is 0.497 e. The van der Waals surface area contributed by atoms with Crippen LogP contribution in [0.25, 0.3) is 0 Å². The van der Waals surface area contributed by atoms with Crippen molar-refractivity contribution in [3.05, 3.63) is 101 Å². The highest BCUT2D eigenvalue weighted by molar-refractivity contribution is 7.99. The van der Waals surface area contributed by atoms with Crippen molar-refractivity contribution < 1.29 is 29.3 Å². The van der Waals surface area contributed by atoms with Gasteiger partial charge in [-0.2, -0.15) is 0 Å². The number of benzene rings is 3. The topological polar surface area (TPSA) is 193 Å². The molecule has 1 heterocycles. The summed E-state index contributed by atoms with van der Waals surface area (Å²) in [5, 5.41) is 46.9. The van der Waals surface area contributed by atoms with Crippen LogP contribution in [-0.2, 0) is 40.8 Å². The van der Waals surface area contributed by atoms with E-state index < -0.39 is 59.5 Å². The molecule has 6 N–H and O–H groups in total. The maximum atomic E-state index is 14.2. The average Bonchev–Trinajstić information content (AvgIpc) is 3.70. The third-order valence-electron chi connectivity index (χ3n) is 9.20. The van der Waals surface area contributed by atoms with Gasteiger partial charge in [0.25, 0.3) is 0 Å². The minimum atomic E-state index is -1.46. The molecule has 0 aliphatic heterocycles. The zero-order chi connectivity index (χ0) is 38.1. The van der Waals surface area contributed by atoms with E-state index in [9.17, 15) is 24.6 Å². The number of tetrazole rings is 1. The highest BCUT2D eigenvalue weighted by Gasteiger charge is 2.40. The Hall–Kier alpha value is -4.83. The van der Waals surface area contributed by atoms with Crippen molar-refractivity contribution in [2.45, 2.75) is 81.7 Å². The van der Waals surface area contributed by atoms with Crippen LogP contribution < -0.4 is 26.0 Å². The number of hydrogen-bond donors (Lipinski definition) is 6. The molecule has 1 aliphatic carbocycles. The predicted octanol–water partition coefficient (Wildman–Crippen LogP) is 1.86. The molecule has 0 radical (unpaired) electrons. The van der Waals surface area contributed by atoms with E-state index in [1.807, 2.05) is 87.5 Å². The second-order valence-electron chi connectivity index (χ2n) is 14.2. The van der Waals surface area contributed by atoms with Gasteiger partial charge >= 0.3 is 0 Å². The molecule has 4 aromatic rings. The number of amides is 3. The first-order chi connectivity index (χ1) is 25.3. The van der Waals surface area contributed by atoms with Crippen LogP contribution in [0.5, 0.6) is 5.75 Å². The van der Waals surface area contributed by atoms with Gasteiger partial charge in [0.2, 0.25) is 22.9 Å². The fourth-order valence-corrected chi connectivity index (χ4v) is 6.97. The Balaban J connectivity index is 1.40. The highest BCUT2D eigenvalue weighted by Crippen LogP contribution is 2.31. The predicted molar refractivity (Wildman–Crippen MR) is 200 cm³/mol. The maximum absolute atomic E-state index is 14.2. The monoisotopic (exact) mass is 744 g/mol. The Bertz CT molecular complexity index is 1830. The summed E-state index contributed by atoms with van der Waals surface area (Å²) in [6.07, 6.45) is -1.75. The first-order valence-electron chi connectivity index (χ1n) is 17.4. The number of carbonyl (C=O) groups is 3. The first kappa shape index (κ1) is 39.4. The molecule has 1 aromatic heterocycles. The summed E-state index contributed by atoms with van der Waals surface area (Å²) in [6.45, 7) is 5.69. The van der Waals surface area contributed by atoms with Gasteiger partial charge in [0, 0.05) is 20.0 Å². The smallest absolute Gasteiger partial charge is 0.243 e. The molecule has 2 unspecified atom stereocenters. The number of nitrogens with zero attached hydrogens (tertiary/aromatic N) is 4. The number of carbonyl (C=O) groups excluding carboxylic acids is 3. The Labute approximate surface area is 313 Å². The third kappa shape index (κ3) is 10.4. The van der Waals surface area contributed by atoms with Crippen LogP contribution >= 0.6 is 11.8 Å². The highest BCUT2D eigenvalue weighted by atomic mass is 32.2. The van der Waals surface area contributed by atoms with Crippen molar-refractivity contribution in [2.24, 2.45) is 12.5 Å². The number of aliphatic hydroxyl groups is 2. The standard InChI is InChI=1S/C38H48N8O6S/c1-38(2,3)34(41-30(48)22-53-37-43-44-45-46(37)4)36(51)40-28(19-23-11-7-6-8-12-23)33(49)32(39-21-24-15-17-26(52-5)18-16-24)35(50)42-31-27-14-10-9-13-25(27)20-29(31)47/h6-18,28-29,31-34,39,47,49H,19-22H2,1-5H3,(H,40,51)(H,41,48)(H,42,50)/t28-,29?,31?,32+,33-,34+/m0/s1.